The summed E-state index contributed by atoms with van der Waals surface area (Å²) in [6, 6.07) is 0. The van der Waals surface area contributed by atoms with E-state index in [0.29, 0.717) is 4.83 Å². The smallest absolute Gasteiger partial charge is 0.0853 e. The van der Waals surface area contributed by atoms with E-state index in [1.165, 1.54) is 12.8 Å². The van der Waals surface area contributed by atoms with Gasteiger partial charge in [-0.25, -0.2) is 0 Å². The summed E-state index contributed by atoms with van der Waals surface area (Å²) in [5.74, 6) is 0.836. The summed E-state index contributed by atoms with van der Waals surface area (Å²) >= 11 is 14.0. The molecule has 0 nitrogen and oxygen atoms in total. The third-order valence-electron chi connectivity index (χ3n) is 1.35. The van der Waals surface area contributed by atoms with Crippen molar-refractivity contribution in [3.05, 3.63) is 0 Å². The van der Waals surface area contributed by atoms with Crippen molar-refractivity contribution in [3.8, 4) is 0 Å². The Morgan fingerprint density at radius 1 is 1.22 bits per heavy atom. The lowest BCUT2D eigenvalue weighted by molar-refractivity contribution is 0.816. The van der Waals surface area contributed by atoms with Crippen molar-refractivity contribution in [2.75, 3.05) is 0 Å². The number of alkyl halides is 4. The first kappa shape index (κ1) is 9.01. The number of halogens is 4. The first-order valence-corrected chi connectivity index (χ1v) is 6.02. The lowest BCUT2D eigenvalue weighted by Crippen LogP contribution is -2.18. The zero-order chi connectivity index (χ0) is 7.07. The molecule has 1 fully saturated rings. The third kappa shape index (κ3) is 2.80. The van der Waals surface area contributed by atoms with Crippen molar-refractivity contribution in [1.82, 2.24) is 0 Å². The van der Waals surface area contributed by atoms with Crippen molar-refractivity contribution >= 4 is 63.7 Å². The first-order chi connectivity index (χ1) is 4.02. The second kappa shape index (κ2) is 3.11. The molecule has 1 unspecified atom stereocenters. The van der Waals surface area contributed by atoms with Gasteiger partial charge in [-0.15, -0.1) is 0 Å². The standard InChI is InChI=1S/C5H6Br4/c6-4(3-1-2-3)5(7,8)9/h3-4H,1-2H2. The van der Waals surface area contributed by atoms with Gasteiger partial charge in [0, 0.05) is 0 Å². The lowest BCUT2D eigenvalue weighted by Gasteiger charge is -2.18. The fourth-order valence-electron chi connectivity index (χ4n) is 0.656. The van der Waals surface area contributed by atoms with E-state index < -0.39 is 0 Å². The highest BCUT2D eigenvalue weighted by molar-refractivity contribution is 9.40. The van der Waals surface area contributed by atoms with Crippen LogP contribution in [0.4, 0.5) is 0 Å². The molecule has 1 saturated carbocycles. The topological polar surface area (TPSA) is 0 Å². The predicted octanol–water partition coefficient (Wildman–Crippen LogP) is 4.00. The fourth-order valence-corrected chi connectivity index (χ4v) is 2.31. The Morgan fingerprint density at radius 3 is 1.78 bits per heavy atom. The van der Waals surface area contributed by atoms with Crippen LogP contribution in [0.3, 0.4) is 0 Å². The molecule has 54 valence electrons. The molecular weight excluding hydrogens is 380 g/mol. The predicted molar refractivity (Wildman–Crippen MR) is 55.0 cm³/mol. The minimum absolute atomic E-state index is 0.103. The monoisotopic (exact) mass is 382 g/mol. The molecule has 0 amide bonds. The molecule has 0 N–H and O–H groups in total. The summed E-state index contributed by atoms with van der Waals surface area (Å²) < 4.78 is -0.103. The molecule has 1 atom stereocenters. The van der Waals surface area contributed by atoms with Crippen LogP contribution >= 0.6 is 63.7 Å². The molecule has 0 aromatic carbocycles. The highest BCUT2D eigenvalue weighted by Gasteiger charge is 2.40. The number of hydrogen-bond donors (Lipinski definition) is 0. The van der Waals surface area contributed by atoms with E-state index in [4.69, 9.17) is 0 Å². The Kier molecular flexibility index (Phi) is 3.12. The van der Waals surface area contributed by atoms with Gasteiger partial charge in [0.15, 0.2) is 0 Å². The molecule has 0 saturated heterocycles. The molecule has 0 aromatic rings. The van der Waals surface area contributed by atoms with Gasteiger partial charge >= 0.3 is 0 Å². The number of rotatable bonds is 1. The fraction of sp³-hybridized carbons (Fsp3) is 1.00. The molecule has 0 spiro atoms. The molecule has 0 radical (unpaired) electrons. The normalized spacial score (nSPS) is 24.0. The summed E-state index contributed by atoms with van der Waals surface area (Å²) in [4.78, 5) is 0.491. The van der Waals surface area contributed by atoms with E-state index in [0.717, 1.165) is 5.92 Å². The van der Waals surface area contributed by atoms with Crippen LogP contribution in [-0.4, -0.2) is 6.97 Å². The van der Waals surface area contributed by atoms with Gasteiger partial charge in [-0.1, -0.05) is 63.7 Å². The minimum atomic E-state index is -0.103. The van der Waals surface area contributed by atoms with E-state index in [1.54, 1.807) is 0 Å². The number of hydrogen-bond acceptors (Lipinski definition) is 0. The van der Waals surface area contributed by atoms with Gasteiger partial charge in [-0.05, 0) is 18.8 Å². The molecule has 0 bridgehead atoms. The summed E-state index contributed by atoms with van der Waals surface area (Å²) in [6.07, 6.45) is 2.70. The van der Waals surface area contributed by atoms with Gasteiger partial charge in [0.1, 0.15) is 2.14 Å². The van der Waals surface area contributed by atoms with Crippen molar-refractivity contribution in [3.63, 3.8) is 0 Å². The zero-order valence-corrected chi connectivity index (χ0v) is 10.9. The molecule has 0 aromatic heterocycles. The molecule has 0 aliphatic heterocycles. The Labute approximate surface area is 88.7 Å². The Morgan fingerprint density at radius 2 is 1.67 bits per heavy atom. The summed E-state index contributed by atoms with van der Waals surface area (Å²) in [7, 11) is 0. The van der Waals surface area contributed by atoms with Crippen LogP contribution in [-0.2, 0) is 0 Å². The van der Waals surface area contributed by atoms with Crippen molar-refractivity contribution in [1.29, 1.82) is 0 Å². The second-order valence-electron chi connectivity index (χ2n) is 2.28. The lowest BCUT2D eigenvalue weighted by atomic mass is 10.3. The minimum Gasteiger partial charge on any atom is -0.0853 e. The SMILES string of the molecule is BrC(C1CC1)C(Br)(Br)Br. The molecule has 1 aliphatic rings. The highest BCUT2D eigenvalue weighted by atomic mass is 80.0. The van der Waals surface area contributed by atoms with Crippen molar-refractivity contribution < 1.29 is 0 Å². The Balaban J connectivity index is 2.40. The summed E-state index contributed by atoms with van der Waals surface area (Å²) in [6.45, 7) is 0. The molecule has 1 rings (SSSR count). The maximum Gasteiger partial charge on any atom is 0.147 e. The molecule has 9 heavy (non-hydrogen) atoms. The van der Waals surface area contributed by atoms with Crippen LogP contribution in [0.15, 0.2) is 0 Å². The van der Waals surface area contributed by atoms with Gasteiger partial charge in [0.2, 0.25) is 0 Å². The largest absolute Gasteiger partial charge is 0.147 e. The second-order valence-corrected chi connectivity index (χ2v) is 10.2. The third-order valence-corrected chi connectivity index (χ3v) is 6.11. The van der Waals surface area contributed by atoms with Gasteiger partial charge in [0.25, 0.3) is 0 Å². The van der Waals surface area contributed by atoms with E-state index in [1.807, 2.05) is 0 Å². The maximum absolute atomic E-state index is 3.58. The van der Waals surface area contributed by atoms with E-state index in [9.17, 15) is 0 Å². The van der Waals surface area contributed by atoms with Crippen LogP contribution in [0.25, 0.3) is 0 Å². The Hall–Kier alpha value is 1.92. The van der Waals surface area contributed by atoms with Crippen LogP contribution in [0.2, 0.25) is 0 Å². The molecule has 0 heterocycles. The molecule has 4 heteroatoms. The van der Waals surface area contributed by atoms with E-state index in [-0.39, 0.29) is 2.14 Å². The van der Waals surface area contributed by atoms with Crippen LogP contribution in [0, 0.1) is 5.92 Å². The van der Waals surface area contributed by atoms with E-state index >= 15 is 0 Å². The van der Waals surface area contributed by atoms with Gasteiger partial charge in [0.05, 0.1) is 4.83 Å². The van der Waals surface area contributed by atoms with Crippen molar-refractivity contribution in [2.45, 2.75) is 19.8 Å². The zero-order valence-electron chi connectivity index (χ0n) is 4.58. The van der Waals surface area contributed by atoms with Crippen LogP contribution in [0.1, 0.15) is 12.8 Å². The van der Waals surface area contributed by atoms with Gasteiger partial charge < -0.3 is 0 Å². The van der Waals surface area contributed by atoms with Crippen LogP contribution in [0.5, 0.6) is 0 Å². The first-order valence-electron chi connectivity index (χ1n) is 2.72. The summed E-state index contributed by atoms with van der Waals surface area (Å²) in [5, 5.41) is 0. The summed E-state index contributed by atoms with van der Waals surface area (Å²) in [5.41, 5.74) is 0. The van der Waals surface area contributed by atoms with Crippen molar-refractivity contribution in [2.24, 2.45) is 5.92 Å². The maximum atomic E-state index is 3.58. The van der Waals surface area contributed by atoms with Gasteiger partial charge in [-0.3, -0.25) is 0 Å². The Bertz CT molecular complexity index is 102. The molecule has 1 aliphatic carbocycles. The van der Waals surface area contributed by atoms with Crippen LogP contribution < -0.4 is 0 Å². The van der Waals surface area contributed by atoms with E-state index in [2.05, 4.69) is 63.7 Å². The molecular formula is C5H6Br4. The average molecular weight is 386 g/mol. The van der Waals surface area contributed by atoms with Gasteiger partial charge in [-0.2, -0.15) is 0 Å². The highest BCUT2D eigenvalue weighted by Crippen LogP contribution is 2.50. The average Bonchev–Trinajstić information content (AvgIpc) is 2.40. The quantitative estimate of drug-likeness (QED) is 0.599.